The number of ether oxygens (including phenoxy) is 1. The van der Waals surface area contributed by atoms with Gasteiger partial charge in [-0.1, -0.05) is 11.6 Å². The van der Waals surface area contributed by atoms with Crippen LogP contribution in [0.15, 0.2) is 23.6 Å². The van der Waals surface area contributed by atoms with Crippen LogP contribution in [0.3, 0.4) is 0 Å². The number of hydrogen-bond donors (Lipinski definition) is 1. The van der Waals surface area contributed by atoms with E-state index in [-0.39, 0.29) is 0 Å². The lowest BCUT2D eigenvalue weighted by molar-refractivity contribution is 0.341. The van der Waals surface area contributed by atoms with E-state index in [0.717, 1.165) is 11.1 Å². The van der Waals surface area contributed by atoms with Crippen molar-refractivity contribution in [3.8, 4) is 22.9 Å². The molecule has 18 heavy (non-hydrogen) atoms. The molecule has 2 rings (SSSR count). The van der Waals surface area contributed by atoms with Crippen molar-refractivity contribution in [3.05, 3.63) is 34.2 Å². The molecule has 5 heteroatoms. The van der Waals surface area contributed by atoms with Crippen LogP contribution in [0.25, 0.3) is 11.1 Å². The van der Waals surface area contributed by atoms with Gasteiger partial charge in [-0.2, -0.15) is 5.26 Å². The predicted octanol–water partition coefficient (Wildman–Crippen LogP) is 3.92. The topological polar surface area (TPSA) is 59.0 Å². The Morgan fingerprint density at radius 1 is 1.44 bits per heavy atom. The summed E-state index contributed by atoms with van der Waals surface area (Å²) in [4.78, 5) is 0. The largest absolute Gasteiger partial charge is 0.493 e. The lowest BCUT2D eigenvalue weighted by Gasteiger charge is -2.10. The van der Waals surface area contributed by atoms with Gasteiger partial charge in [0.15, 0.2) is 0 Å². The number of nitrogens with two attached hydrogens (primary N) is 1. The average molecular weight is 279 g/mol. The second kappa shape index (κ2) is 5.30. The molecule has 0 amide bonds. The van der Waals surface area contributed by atoms with Crippen LogP contribution in [0.1, 0.15) is 12.5 Å². The number of rotatable bonds is 3. The third-order valence-electron chi connectivity index (χ3n) is 2.46. The third kappa shape index (κ3) is 2.28. The van der Waals surface area contributed by atoms with Gasteiger partial charge < -0.3 is 10.5 Å². The minimum Gasteiger partial charge on any atom is -0.493 e. The fourth-order valence-electron chi connectivity index (χ4n) is 1.68. The first kappa shape index (κ1) is 12.7. The second-order valence-corrected chi connectivity index (χ2v) is 4.92. The maximum atomic E-state index is 9.14. The summed E-state index contributed by atoms with van der Waals surface area (Å²) in [6, 6.07) is 7.47. The summed E-state index contributed by atoms with van der Waals surface area (Å²) in [5.41, 5.74) is 7.82. The number of thiophene rings is 1. The molecule has 0 saturated carbocycles. The van der Waals surface area contributed by atoms with E-state index in [9.17, 15) is 0 Å². The molecule has 0 saturated heterocycles. The SMILES string of the molecule is CCOc1ccc(Cl)cc1-c1csc(N)c1C#N. The van der Waals surface area contributed by atoms with Crippen molar-refractivity contribution in [2.75, 3.05) is 12.3 Å². The normalized spacial score (nSPS) is 10.1. The number of benzene rings is 1. The standard InChI is InChI=1S/C13H11ClN2OS/c1-2-17-12-4-3-8(14)5-9(12)11-7-18-13(16)10(11)6-15/h3-5,7H,2,16H2,1H3. The van der Waals surface area contributed by atoms with Crippen LogP contribution < -0.4 is 10.5 Å². The molecule has 1 aromatic carbocycles. The van der Waals surface area contributed by atoms with Gasteiger partial charge in [0.25, 0.3) is 0 Å². The predicted molar refractivity (Wildman–Crippen MR) is 75.1 cm³/mol. The van der Waals surface area contributed by atoms with E-state index in [4.69, 9.17) is 27.3 Å². The van der Waals surface area contributed by atoms with Crippen molar-refractivity contribution in [3.63, 3.8) is 0 Å². The van der Waals surface area contributed by atoms with Crippen LogP contribution in [0.2, 0.25) is 5.02 Å². The minimum atomic E-state index is 0.475. The molecule has 0 aliphatic carbocycles. The van der Waals surface area contributed by atoms with Gasteiger partial charge in [-0.25, -0.2) is 0 Å². The zero-order valence-electron chi connectivity index (χ0n) is 9.74. The summed E-state index contributed by atoms with van der Waals surface area (Å²) in [6.07, 6.45) is 0. The summed E-state index contributed by atoms with van der Waals surface area (Å²) < 4.78 is 5.55. The summed E-state index contributed by atoms with van der Waals surface area (Å²) in [7, 11) is 0. The Kier molecular flexibility index (Phi) is 3.75. The van der Waals surface area contributed by atoms with Gasteiger partial charge in [0.05, 0.1) is 12.2 Å². The van der Waals surface area contributed by atoms with Crippen LogP contribution in [0, 0.1) is 11.3 Å². The van der Waals surface area contributed by atoms with Crippen LogP contribution in [-0.4, -0.2) is 6.61 Å². The molecule has 0 bridgehead atoms. The minimum absolute atomic E-state index is 0.475. The molecule has 2 aromatic rings. The molecule has 0 unspecified atom stereocenters. The Labute approximate surface area is 114 Å². The van der Waals surface area contributed by atoms with Crippen LogP contribution in [0.4, 0.5) is 5.00 Å². The Hall–Kier alpha value is -1.70. The molecule has 0 aliphatic rings. The zero-order chi connectivity index (χ0) is 13.1. The van der Waals surface area contributed by atoms with Crippen molar-refractivity contribution in [2.24, 2.45) is 0 Å². The van der Waals surface area contributed by atoms with E-state index >= 15 is 0 Å². The lowest BCUT2D eigenvalue weighted by Crippen LogP contribution is -1.94. The lowest BCUT2D eigenvalue weighted by atomic mass is 10.0. The maximum Gasteiger partial charge on any atom is 0.127 e. The monoisotopic (exact) mass is 278 g/mol. The van der Waals surface area contributed by atoms with E-state index in [0.29, 0.717) is 27.9 Å². The first-order valence-electron chi connectivity index (χ1n) is 5.37. The van der Waals surface area contributed by atoms with Gasteiger partial charge in [0, 0.05) is 21.5 Å². The Morgan fingerprint density at radius 2 is 2.22 bits per heavy atom. The fraction of sp³-hybridized carbons (Fsp3) is 0.154. The Balaban J connectivity index is 2.62. The van der Waals surface area contributed by atoms with Crippen molar-refractivity contribution < 1.29 is 4.74 Å². The summed E-state index contributed by atoms with van der Waals surface area (Å²) in [5.74, 6) is 0.705. The molecule has 0 fully saturated rings. The quantitative estimate of drug-likeness (QED) is 0.926. The smallest absolute Gasteiger partial charge is 0.127 e. The highest BCUT2D eigenvalue weighted by atomic mass is 35.5. The molecule has 2 N–H and O–H groups in total. The van der Waals surface area contributed by atoms with Crippen molar-refractivity contribution in [2.45, 2.75) is 6.92 Å². The van der Waals surface area contributed by atoms with Crippen molar-refractivity contribution >= 4 is 27.9 Å². The van der Waals surface area contributed by atoms with Gasteiger partial charge in [-0.3, -0.25) is 0 Å². The molecule has 0 spiro atoms. The van der Waals surface area contributed by atoms with E-state index < -0.39 is 0 Å². The number of halogens is 1. The highest BCUT2D eigenvalue weighted by Crippen LogP contribution is 2.39. The molecule has 3 nitrogen and oxygen atoms in total. The van der Waals surface area contributed by atoms with Gasteiger partial charge in [0.2, 0.25) is 0 Å². The number of nitrogens with zero attached hydrogens (tertiary/aromatic N) is 1. The number of nitrogen functional groups attached to an aromatic ring is 1. The molecular formula is C13H11ClN2OS. The molecular weight excluding hydrogens is 268 g/mol. The summed E-state index contributed by atoms with van der Waals surface area (Å²) >= 11 is 7.34. The third-order valence-corrected chi connectivity index (χ3v) is 3.51. The van der Waals surface area contributed by atoms with Gasteiger partial charge >= 0.3 is 0 Å². The highest BCUT2D eigenvalue weighted by Gasteiger charge is 2.15. The fourth-order valence-corrected chi connectivity index (χ4v) is 2.62. The van der Waals surface area contributed by atoms with Crippen molar-refractivity contribution in [1.29, 1.82) is 5.26 Å². The Morgan fingerprint density at radius 3 is 2.89 bits per heavy atom. The van der Waals surface area contributed by atoms with Gasteiger partial charge in [0.1, 0.15) is 16.8 Å². The van der Waals surface area contributed by atoms with Crippen LogP contribution in [0.5, 0.6) is 5.75 Å². The number of hydrogen-bond acceptors (Lipinski definition) is 4. The average Bonchev–Trinajstić information content (AvgIpc) is 2.73. The summed E-state index contributed by atoms with van der Waals surface area (Å²) in [5, 5.41) is 12.1. The van der Waals surface area contributed by atoms with E-state index in [1.54, 1.807) is 18.2 Å². The van der Waals surface area contributed by atoms with Crippen LogP contribution >= 0.6 is 22.9 Å². The molecule has 1 aromatic heterocycles. The van der Waals surface area contributed by atoms with E-state index in [2.05, 4.69) is 6.07 Å². The number of nitriles is 1. The van der Waals surface area contributed by atoms with Gasteiger partial charge in [-0.05, 0) is 25.1 Å². The van der Waals surface area contributed by atoms with E-state index in [1.165, 1.54) is 11.3 Å². The first-order valence-corrected chi connectivity index (χ1v) is 6.63. The molecule has 0 atom stereocenters. The summed E-state index contributed by atoms with van der Waals surface area (Å²) in [6.45, 7) is 2.46. The molecule has 0 radical (unpaired) electrons. The molecule has 92 valence electrons. The molecule has 1 heterocycles. The van der Waals surface area contributed by atoms with Crippen LogP contribution in [-0.2, 0) is 0 Å². The highest BCUT2D eigenvalue weighted by molar-refractivity contribution is 7.14. The maximum absolute atomic E-state index is 9.14. The van der Waals surface area contributed by atoms with E-state index in [1.807, 2.05) is 12.3 Å². The zero-order valence-corrected chi connectivity index (χ0v) is 11.3. The second-order valence-electron chi connectivity index (χ2n) is 3.57. The van der Waals surface area contributed by atoms with Gasteiger partial charge in [-0.15, -0.1) is 11.3 Å². The Bertz CT molecular complexity index is 616. The van der Waals surface area contributed by atoms with Crippen molar-refractivity contribution in [1.82, 2.24) is 0 Å². The first-order chi connectivity index (χ1) is 8.67. The number of anilines is 1. The molecule has 0 aliphatic heterocycles.